The fraction of sp³-hybridized carbons (Fsp3) is 0.364. The fourth-order valence-electron chi connectivity index (χ4n) is 3.99. The summed E-state index contributed by atoms with van der Waals surface area (Å²) in [6, 6.07) is 5.04. The third-order valence-electron chi connectivity index (χ3n) is 5.77. The van der Waals surface area contributed by atoms with Gasteiger partial charge in [0, 0.05) is 53.0 Å². The van der Waals surface area contributed by atoms with E-state index in [4.69, 9.17) is 4.74 Å². The average molecular weight is 424 g/mol. The number of ether oxygens (including phenoxy) is 1. The van der Waals surface area contributed by atoms with Crippen LogP contribution in [0.4, 0.5) is 5.69 Å². The molecule has 0 fully saturated rings. The van der Waals surface area contributed by atoms with Gasteiger partial charge in [-0.25, -0.2) is 0 Å². The first-order valence-corrected chi connectivity index (χ1v) is 9.94. The van der Waals surface area contributed by atoms with E-state index in [1.165, 1.54) is 14.4 Å². The van der Waals surface area contributed by atoms with Crippen LogP contribution in [0.2, 0.25) is 0 Å². The number of anilines is 1. The van der Waals surface area contributed by atoms with E-state index >= 15 is 0 Å². The highest BCUT2D eigenvalue weighted by molar-refractivity contribution is 6.01. The minimum Gasteiger partial charge on any atom is -0.482 e. The quantitative estimate of drug-likeness (QED) is 0.706. The van der Waals surface area contributed by atoms with Gasteiger partial charge in [0.15, 0.2) is 6.61 Å². The molecule has 9 heteroatoms. The summed E-state index contributed by atoms with van der Waals surface area (Å²) in [6.45, 7) is 0.653. The molecule has 0 saturated carbocycles. The Morgan fingerprint density at radius 3 is 2.58 bits per heavy atom. The van der Waals surface area contributed by atoms with Crippen LogP contribution in [0.25, 0.3) is 0 Å². The monoisotopic (exact) mass is 424 g/mol. The maximum Gasteiger partial charge on any atom is 0.264 e. The van der Waals surface area contributed by atoms with Gasteiger partial charge in [0.1, 0.15) is 11.3 Å². The minimum absolute atomic E-state index is 0.0214. The predicted molar refractivity (Wildman–Crippen MR) is 113 cm³/mol. The van der Waals surface area contributed by atoms with Crippen molar-refractivity contribution in [3.63, 3.8) is 0 Å². The molecule has 0 atom stereocenters. The molecule has 31 heavy (non-hydrogen) atoms. The Morgan fingerprint density at radius 1 is 1.13 bits per heavy atom. The summed E-state index contributed by atoms with van der Waals surface area (Å²) in [4.78, 5) is 54.9. The number of likely N-dealkylation sites (N-methyl/N-ethyl adjacent to an activating group) is 1. The zero-order chi connectivity index (χ0) is 22.4. The molecule has 0 saturated heterocycles. The molecule has 3 amide bonds. The highest BCUT2D eigenvalue weighted by Crippen LogP contribution is 2.33. The molecule has 4 rings (SSSR count). The van der Waals surface area contributed by atoms with Crippen LogP contribution in [-0.4, -0.2) is 66.4 Å². The van der Waals surface area contributed by atoms with E-state index in [9.17, 15) is 19.2 Å². The Bertz CT molecular complexity index is 1170. The Labute approximate surface area is 179 Å². The number of hydrogen-bond donors (Lipinski definition) is 0. The Morgan fingerprint density at radius 2 is 1.87 bits per heavy atom. The van der Waals surface area contributed by atoms with E-state index in [1.54, 1.807) is 57.5 Å². The Balaban J connectivity index is 1.66. The second-order valence-corrected chi connectivity index (χ2v) is 8.02. The van der Waals surface area contributed by atoms with Crippen LogP contribution >= 0.6 is 0 Å². The van der Waals surface area contributed by atoms with Gasteiger partial charge in [-0.1, -0.05) is 0 Å². The molecular formula is C22H24N4O5. The van der Waals surface area contributed by atoms with E-state index in [0.29, 0.717) is 42.1 Å². The molecule has 2 aliphatic heterocycles. The molecule has 0 radical (unpaired) electrons. The summed E-state index contributed by atoms with van der Waals surface area (Å²) in [5.74, 6) is -0.138. The van der Waals surface area contributed by atoms with Crippen LogP contribution in [0.15, 0.2) is 29.2 Å². The number of rotatable bonds is 2. The van der Waals surface area contributed by atoms with Crippen molar-refractivity contribution in [1.29, 1.82) is 0 Å². The van der Waals surface area contributed by atoms with Crippen LogP contribution < -0.4 is 15.2 Å². The van der Waals surface area contributed by atoms with E-state index in [0.717, 1.165) is 5.56 Å². The lowest BCUT2D eigenvalue weighted by molar-refractivity contribution is -0.121. The van der Waals surface area contributed by atoms with Crippen molar-refractivity contribution in [3.8, 4) is 5.75 Å². The van der Waals surface area contributed by atoms with Gasteiger partial charge < -0.3 is 24.0 Å². The van der Waals surface area contributed by atoms with E-state index < -0.39 is 0 Å². The predicted octanol–water partition coefficient (Wildman–Crippen LogP) is 0.641. The van der Waals surface area contributed by atoms with Gasteiger partial charge in [-0.2, -0.15) is 0 Å². The fourth-order valence-corrected chi connectivity index (χ4v) is 3.99. The molecule has 0 bridgehead atoms. The average Bonchev–Trinajstić information content (AvgIpc) is 2.75. The molecule has 162 valence electrons. The number of nitrogens with zero attached hydrogens (tertiary/aromatic N) is 4. The van der Waals surface area contributed by atoms with Gasteiger partial charge in [-0.05, 0) is 35.7 Å². The number of benzene rings is 1. The van der Waals surface area contributed by atoms with Crippen molar-refractivity contribution < 1.29 is 19.1 Å². The first kappa shape index (κ1) is 20.6. The highest BCUT2D eigenvalue weighted by Gasteiger charge is 2.30. The SMILES string of the molecule is CN(C)C(=O)c1c2c(cn(C)c1=O)CN(C(=O)c1ccc3c(c1)N(C)C(=O)CO3)CC2. The molecule has 0 spiro atoms. The zero-order valence-electron chi connectivity index (χ0n) is 18.0. The van der Waals surface area contributed by atoms with Crippen molar-refractivity contribution >= 4 is 23.4 Å². The summed E-state index contributed by atoms with van der Waals surface area (Å²) in [6.07, 6.45) is 2.11. The van der Waals surface area contributed by atoms with Gasteiger partial charge in [-0.3, -0.25) is 19.2 Å². The lowest BCUT2D eigenvalue weighted by atomic mass is 9.95. The molecule has 9 nitrogen and oxygen atoms in total. The summed E-state index contributed by atoms with van der Waals surface area (Å²) >= 11 is 0. The number of hydrogen-bond acceptors (Lipinski definition) is 5. The molecule has 0 N–H and O–H groups in total. The second-order valence-electron chi connectivity index (χ2n) is 8.02. The third kappa shape index (κ3) is 3.45. The van der Waals surface area contributed by atoms with E-state index in [1.807, 2.05) is 0 Å². The molecule has 1 aromatic carbocycles. The largest absolute Gasteiger partial charge is 0.482 e. The number of pyridine rings is 1. The summed E-state index contributed by atoms with van der Waals surface area (Å²) in [7, 11) is 6.48. The van der Waals surface area contributed by atoms with Crippen molar-refractivity contribution in [2.24, 2.45) is 7.05 Å². The lowest BCUT2D eigenvalue weighted by Gasteiger charge is -2.31. The van der Waals surface area contributed by atoms with Gasteiger partial charge in [-0.15, -0.1) is 0 Å². The summed E-state index contributed by atoms with van der Waals surface area (Å²) in [5, 5.41) is 0. The van der Waals surface area contributed by atoms with Crippen molar-refractivity contribution in [1.82, 2.24) is 14.4 Å². The van der Waals surface area contributed by atoms with Crippen LogP contribution in [-0.2, 0) is 24.8 Å². The second kappa shape index (κ2) is 7.57. The maximum atomic E-state index is 13.2. The van der Waals surface area contributed by atoms with Crippen molar-refractivity contribution in [2.75, 3.05) is 39.2 Å². The topological polar surface area (TPSA) is 92.2 Å². The number of aromatic nitrogens is 1. The molecule has 2 aromatic rings. The normalized spacial score (nSPS) is 15.2. The van der Waals surface area contributed by atoms with E-state index in [2.05, 4.69) is 0 Å². The van der Waals surface area contributed by atoms with Crippen LogP contribution in [0.3, 0.4) is 0 Å². The number of carbonyl (C=O) groups excluding carboxylic acids is 3. The number of amides is 3. The molecule has 3 heterocycles. The molecule has 1 aromatic heterocycles. The summed E-state index contributed by atoms with van der Waals surface area (Å²) < 4.78 is 6.82. The zero-order valence-corrected chi connectivity index (χ0v) is 18.0. The first-order chi connectivity index (χ1) is 14.7. The van der Waals surface area contributed by atoms with Crippen molar-refractivity contribution in [3.05, 3.63) is 57.0 Å². The van der Waals surface area contributed by atoms with Gasteiger partial charge in [0.2, 0.25) is 0 Å². The third-order valence-corrected chi connectivity index (χ3v) is 5.77. The Hall–Kier alpha value is -3.62. The highest BCUT2D eigenvalue weighted by atomic mass is 16.5. The standard InChI is InChI=1S/C22H24N4O5/c1-23(2)21(29)19-15-7-8-26(11-14(15)10-24(3)22(19)30)20(28)13-5-6-17-16(9-13)25(4)18(27)12-31-17/h5-6,9-10H,7-8,11-12H2,1-4H3. The molecular weight excluding hydrogens is 400 g/mol. The van der Waals surface area contributed by atoms with Crippen molar-refractivity contribution in [2.45, 2.75) is 13.0 Å². The van der Waals surface area contributed by atoms with Gasteiger partial charge in [0.25, 0.3) is 23.3 Å². The molecule has 2 aliphatic rings. The number of carbonyl (C=O) groups is 3. The lowest BCUT2D eigenvalue weighted by Crippen LogP contribution is -2.41. The molecule has 0 unspecified atom stereocenters. The van der Waals surface area contributed by atoms with Gasteiger partial charge >= 0.3 is 0 Å². The van der Waals surface area contributed by atoms with Crippen LogP contribution in [0.5, 0.6) is 5.75 Å². The molecule has 0 aliphatic carbocycles. The number of fused-ring (bicyclic) bond motifs is 2. The minimum atomic E-state index is -0.334. The van der Waals surface area contributed by atoms with Gasteiger partial charge in [0.05, 0.1) is 5.69 Å². The first-order valence-electron chi connectivity index (χ1n) is 9.94. The summed E-state index contributed by atoms with van der Waals surface area (Å²) in [5.41, 5.74) is 2.32. The van der Waals surface area contributed by atoms with E-state index in [-0.39, 0.29) is 35.5 Å². The Kier molecular flexibility index (Phi) is 5.04. The smallest absolute Gasteiger partial charge is 0.264 e. The number of aryl methyl sites for hydroxylation is 1. The van der Waals surface area contributed by atoms with Crippen LogP contribution in [0.1, 0.15) is 31.8 Å². The van der Waals surface area contributed by atoms with Crippen LogP contribution in [0, 0.1) is 0 Å². The maximum absolute atomic E-state index is 13.2.